The average molecular weight is 267 g/mol. The molecule has 0 atom stereocenters. The summed E-state index contributed by atoms with van der Waals surface area (Å²) in [5, 5.41) is 0. The molecule has 1 aromatic rings. The molecule has 0 unspecified atom stereocenters. The number of halogens is 1. The number of carbonyl (C=O) groups excluding carboxylic acids is 1. The third-order valence-corrected chi connectivity index (χ3v) is 3.67. The fraction of sp³-hybridized carbons (Fsp3) is 0.462. The number of hydrogen-bond acceptors (Lipinski definition) is 1. The normalized spacial score (nSPS) is 15.6. The Labute approximate surface area is 99.0 Å². The summed E-state index contributed by atoms with van der Waals surface area (Å²) in [7, 11) is 0. The van der Waals surface area contributed by atoms with Gasteiger partial charge in [-0.15, -0.1) is 0 Å². The van der Waals surface area contributed by atoms with Crippen LogP contribution in [0.5, 0.6) is 0 Å². The lowest BCUT2D eigenvalue weighted by Gasteiger charge is -2.20. The van der Waals surface area contributed by atoms with Crippen molar-refractivity contribution in [1.82, 2.24) is 0 Å². The van der Waals surface area contributed by atoms with Crippen LogP contribution >= 0.6 is 15.9 Å². The highest BCUT2D eigenvalue weighted by atomic mass is 79.9. The summed E-state index contributed by atoms with van der Waals surface area (Å²) in [6.45, 7) is 6.50. The summed E-state index contributed by atoms with van der Waals surface area (Å²) in [6, 6.07) is 4.22. The summed E-state index contributed by atoms with van der Waals surface area (Å²) in [6.07, 6.45) is 1.56. The number of fused-ring (bicyclic) bond motifs is 1. The van der Waals surface area contributed by atoms with Crippen molar-refractivity contribution in [3.05, 3.63) is 33.3 Å². The van der Waals surface area contributed by atoms with E-state index in [1.165, 1.54) is 11.1 Å². The molecule has 0 fully saturated rings. The lowest BCUT2D eigenvalue weighted by molar-refractivity contribution is 0.0994. The highest BCUT2D eigenvalue weighted by molar-refractivity contribution is 9.10. The van der Waals surface area contributed by atoms with Crippen LogP contribution in [0.1, 0.15) is 48.7 Å². The van der Waals surface area contributed by atoms with Gasteiger partial charge in [0.2, 0.25) is 0 Å². The molecule has 15 heavy (non-hydrogen) atoms. The highest BCUT2D eigenvalue weighted by Crippen LogP contribution is 2.34. The number of benzene rings is 1. The quantitative estimate of drug-likeness (QED) is 0.697. The van der Waals surface area contributed by atoms with E-state index < -0.39 is 0 Å². The van der Waals surface area contributed by atoms with E-state index in [2.05, 4.69) is 48.8 Å². The Hall–Kier alpha value is -0.630. The maximum absolute atomic E-state index is 11.7. The Kier molecular flexibility index (Phi) is 2.50. The molecule has 1 nitrogen and oxygen atoms in total. The van der Waals surface area contributed by atoms with Crippen LogP contribution in [0.2, 0.25) is 0 Å². The van der Waals surface area contributed by atoms with Gasteiger partial charge in [0.15, 0.2) is 5.78 Å². The van der Waals surface area contributed by atoms with Gasteiger partial charge in [-0.3, -0.25) is 4.79 Å². The van der Waals surface area contributed by atoms with Crippen LogP contribution in [0.4, 0.5) is 0 Å². The molecule has 1 aromatic carbocycles. The summed E-state index contributed by atoms with van der Waals surface area (Å²) >= 11 is 3.57. The lowest BCUT2D eigenvalue weighted by Crippen LogP contribution is -2.12. The zero-order valence-electron chi connectivity index (χ0n) is 9.36. The summed E-state index contributed by atoms with van der Waals surface area (Å²) in [4.78, 5) is 11.7. The second kappa shape index (κ2) is 3.44. The van der Waals surface area contributed by atoms with Gasteiger partial charge in [0.25, 0.3) is 0 Å². The smallest absolute Gasteiger partial charge is 0.163 e. The molecule has 2 rings (SSSR count). The highest BCUT2D eigenvalue weighted by Gasteiger charge is 2.25. The van der Waals surface area contributed by atoms with E-state index in [9.17, 15) is 4.79 Å². The van der Waals surface area contributed by atoms with Crippen LogP contribution in [0.25, 0.3) is 0 Å². The Morgan fingerprint density at radius 1 is 1.20 bits per heavy atom. The Balaban J connectivity index is 2.61. The molecule has 0 amide bonds. The van der Waals surface area contributed by atoms with Crippen molar-refractivity contribution in [3.8, 4) is 0 Å². The predicted molar refractivity (Wildman–Crippen MR) is 65.5 cm³/mol. The molecular formula is C13H15BrO. The van der Waals surface area contributed by atoms with Gasteiger partial charge >= 0.3 is 0 Å². The van der Waals surface area contributed by atoms with Gasteiger partial charge in [0.05, 0.1) is 0 Å². The van der Waals surface area contributed by atoms with Crippen LogP contribution < -0.4 is 0 Å². The van der Waals surface area contributed by atoms with Crippen molar-refractivity contribution in [2.75, 3.05) is 0 Å². The summed E-state index contributed by atoms with van der Waals surface area (Å²) < 4.78 is 1.09. The van der Waals surface area contributed by atoms with Gasteiger partial charge in [0.1, 0.15) is 0 Å². The van der Waals surface area contributed by atoms with Gasteiger partial charge in [-0.05, 0) is 35.1 Å². The molecule has 0 heterocycles. The van der Waals surface area contributed by atoms with Crippen molar-refractivity contribution >= 4 is 21.7 Å². The third-order valence-electron chi connectivity index (χ3n) is 2.96. The van der Waals surface area contributed by atoms with Crippen molar-refractivity contribution in [1.29, 1.82) is 0 Å². The summed E-state index contributed by atoms with van der Waals surface area (Å²) in [5.74, 6) is 0.289. The van der Waals surface area contributed by atoms with Gasteiger partial charge in [-0.1, -0.05) is 36.7 Å². The number of carbonyl (C=O) groups is 1. The SMILES string of the molecule is CC(C)(C)c1cc(Br)c2c(c1)C(=O)CC2. The number of Topliss-reactive ketones (excluding diaryl/α,β-unsaturated/α-hetero) is 1. The van der Waals surface area contributed by atoms with Crippen LogP contribution in [-0.4, -0.2) is 5.78 Å². The van der Waals surface area contributed by atoms with Crippen molar-refractivity contribution in [3.63, 3.8) is 0 Å². The minimum atomic E-state index is 0.0976. The fourth-order valence-electron chi connectivity index (χ4n) is 1.95. The first kappa shape index (κ1) is 10.9. The second-order valence-corrected chi connectivity index (χ2v) is 6.01. The van der Waals surface area contributed by atoms with Crippen LogP contribution in [-0.2, 0) is 11.8 Å². The molecule has 1 aliphatic carbocycles. The Morgan fingerprint density at radius 2 is 1.87 bits per heavy atom. The lowest BCUT2D eigenvalue weighted by atomic mass is 9.85. The van der Waals surface area contributed by atoms with Crippen molar-refractivity contribution in [2.45, 2.75) is 39.0 Å². The van der Waals surface area contributed by atoms with Crippen molar-refractivity contribution in [2.24, 2.45) is 0 Å². The van der Waals surface area contributed by atoms with E-state index in [4.69, 9.17) is 0 Å². The number of hydrogen-bond donors (Lipinski definition) is 0. The van der Waals surface area contributed by atoms with Gasteiger partial charge in [-0.2, -0.15) is 0 Å². The number of rotatable bonds is 0. The first-order valence-corrected chi connectivity index (χ1v) is 6.05. The van der Waals surface area contributed by atoms with E-state index >= 15 is 0 Å². The average Bonchev–Trinajstić information content (AvgIpc) is 2.47. The van der Waals surface area contributed by atoms with Crippen molar-refractivity contribution < 1.29 is 4.79 Å². The van der Waals surface area contributed by atoms with Crippen LogP contribution in [0.15, 0.2) is 16.6 Å². The topological polar surface area (TPSA) is 17.1 Å². The molecule has 80 valence electrons. The van der Waals surface area contributed by atoms with E-state index in [0.717, 1.165) is 16.5 Å². The fourth-order valence-corrected chi connectivity index (χ4v) is 2.60. The van der Waals surface area contributed by atoms with Crippen LogP contribution in [0.3, 0.4) is 0 Å². The largest absolute Gasteiger partial charge is 0.294 e. The van der Waals surface area contributed by atoms with Gasteiger partial charge in [0, 0.05) is 16.5 Å². The molecule has 0 saturated heterocycles. The van der Waals surface area contributed by atoms with Crippen LogP contribution in [0, 0.1) is 0 Å². The van der Waals surface area contributed by atoms with E-state index in [0.29, 0.717) is 6.42 Å². The van der Waals surface area contributed by atoms with E-state index in [-0.39, 0.29) is 11.2 Å². The maximum Gasteiger partial charge on any atom is 0.163 e. The minimum Gasteiger partial charge on any atom is -0.294 e. The molecule has 0 aromatic heterocycles. The molecular weight excluding hydrogens is 252 g/mol. The van der Waals surface area contributed by atoms with Gasteiger partial charge in [-0.25, -0.2) is 0 Å². The third kappa shape index (κ3) is 1.87. The predicted octanol–water partition coefficient (Wildman–Crippen LogP) is 3.88. The molecule has 0 radical (unpaired) electrons. The molecule has 0 bridgehead atoms. The molecule has 2 heteroatoms. The summed E-state index contributed by atoms with van der Waals surface area (Å²) in [5.41, 5.74) is 3.44. The zero-order chi connectivity index (χ0) is 11.2. The second-order valence-electron chi connectivity index (χ2n) is 5.16. The standard InChI is InChI=1S/C13H15BrO/c1-13(2,3)8-6-10-9(11(14)7-8)4-5-12(10)15/h6-7H,4-5H2,1-3H3. The number of ketones is 1. The van der Waals surface area contributed by atoms with Gasteiger partial charge < -0.3 is 0 Å². The molecule has 0 aliphatic heterocycles. The molecule has 0 saturated carbocycles. The zero-order valence-corrected chi connectivity index (χ0v) is 10.9. The Morgan fingerprint density at radius 3 is 2.47 bits per heavy atom. The Bertz CT molecular complexity index is 427. The van der Waals surface area contributed by atoms with E-state index in [1.54, 1.807) is 0 Å². The molecule has 1 aliphatic rings. The first-order valence-electron chi connectivity index (χ1n) is 5.25. The molecule has 0 N–H and O–H groups in total. The van der Waals surface area contributed by atoms with E-state index in [1.807, 2.05) is 0 Å². The monoisotopic (exact) mass is 266 g/mol. The molecule has 0 spiro atoms. The minimum absolute atomic E-state index is 0.0976. The first-order chi connectivity index (χ1) is 6.89. The maximum atomic E-state index is 11.7.